The predicted molar refractivity (Wildman–Crippen MR) is 82.2 cm³/mol. The molecule has 1 aromatic carbocycles. The van der Waals surface area contributed by atoms with Crippen LogP contribution in [0.15, 0.2) is 22.7 Å². The lowest BCUT2D eigenvalue weighted by Crippen LogP contribution is -2.33. The minimum atomic E-state index is -3.64. The molecule has 0 amide bonds. The first-order chi connectivity index (χ1) is 9.21. The Balaban J connectivity index is 2.89. The van der Waals surface area contributed by atoms with E-state index in [1.54, 1.807) is 6.07 Å². The molecule has 0 aromatic heterocycles. The van der Waals surface area contributed by atoms with Crippen LogP contribution in [-0.4, -0.2) is 20.8 Å². The monoisotopic (exact) mass is 386 g/mol. The summed E-state index contributed by atoms with van der Waals surface area (Å²) < 4.78 is 42.4. The second-order valence-corrected chi connectivity index (χ2v) is 8.45. The first kappa shape index (κ1) is 17.7. The Morgan fingerprint density at radius 3 is 2.45 bits per heavy atom. The number of halogens is 3. The van der Waals surface area contributed by atoms with E-state index in [1.807, 2.05) is 13.8 Å². The van der Waals surface area contributed by atoms with Crippen molar-refractivity contribution in [3.05, 3.63) is 28.5 Å². The molecule has 0 spiro atoms. The maximum absolute atomic E-state index is 13.6. The maximum Gasteiger partial charge on any atom is 0.233 e. The van der Waals surface area contributed by atoms with Gasteiger partial charge in [-0.15, -0.1) is 0 Å². The second kappa shape index (κ2) is 7.09. The van der Waals surface area contributed by atoms with Gasteiger partial charge >= 0.3 is 0 Å². The van der Waals surface area contributed by atoms with Gasteiger partial charge in [0.1, 0.15) is 0 Å². The average molecular weight is 388 g/mol. The minimum Gasteiger partial charge on any atom is -0.490 e. The Morgan fingerprint density at radius 2 is 1.95 bits per heavy atom. The quantitative estimate of drug-likeness (QED) is 0.654. The molecule has 0 atom stereocenters. The fourth-order valence-corrected chi connectivity index (χ4v) is 4.14. The van der Waals surface area contributed by atoms with E-state index < -0.39 is 20.3 Å². The van der Waals surface area contributed by atoms with E-state index >= 15 is 0 Å². The fourth-order valence-electron chi connectivity index (χ4n) is 1.88. The summed E-state index contributed by atoms with van der Waals surface area (Å²) in [7, 11) is 1.71. The maximum atomic E-state index is 13.6. The van der Waals surface area contributed by atoms with E-state index in [-0.39, 0.29) is 18.1 Å². The molecule has 1 aromatic rings. The van der Waals surface area contributed by atoms with Crippen molar-refractivity contribution in [1.82, 2.24) is 0 Å². The lowest BCUT2D eigenvalue weighted by molar-refractivity contribution is 0.150. The molecule has 0 aliphatic carbocycles. The molecule has 0 saturated carbocycles. The molecule has 114 valence electrons. The largest absolute Gasteiger partial charge is 0.490 e. The first-order valence-corrected chi connectivity index (χ1v) is 9.48. The average Bonchev–Trinajstić information content (AvgIpc) is 2.37. The number of ether oxygens (including phenoxy) is 1. The molecule has 0 aliphatic rings. The van der Waals surface area contributed by atoms with Gasteiger partial charge in [-0.2, -0.15) is 0 Å². The van der Waals surface area contributed by atoms with Crippen molar-refractivity contribution in [1.29, 1.82) is 0 Å². The van der Waals surface area contributed by atoms with Crippen molar-refractivity contribution in [3.63, 3.8) is 0 Å². The van der Waals surface area contributed by atoms with Crippen LogP contribution in [0.1, 0.15) is 26.7 Å². The molecule has 1 rings (SSSR count). The summed E-state index contributed by atoms with van der Waals surface area (Å²) >= 11 is 3.24. The molecule has 7 heteroatoms. The third-order valence-electron chi connectivity index (χ3n) is 3.41. The Labute approximate surface area is 132 Å². The van der Waals surface area contributed by atoms with Gasteiger partial charge in [0.2, 0.25) is 9.05 Å². The molecule has 0 N–H and O–H groups in total. The Morgan fingerprint density at radius 1 is 1.35 bits per heavy atom. The molecule has 0 saturated heterocycles. The fraction of sp³-hybridized carbons (Fsp3) is 0.538. The van der Waals surface area contributed by atoms with Crippen molar-refractivity contribution in [2.45, 2.75) is 26.7 Å². The van der Waals surface area contributed by atoms with Crippen LogP contribution in [0.4, 0.5) is 4.39 Å². The van der Waals surface area contributed by atoms with Gasteiger partial charge in [-0.25, -0.2) is 12.8 Å². The molecular formula is C13H17BrClFO3S. The Bertz CT molecular complexity index is 559. The first-order valence-electron chi connectivity index (χ1n) is 6.21. The number of hydrogen-bond donors (Lipinski definition) is 0. The Kier molecular flexibility index (Phi) is 6.28. The zero-order valence-corrected chi connectivity index (χ0v) is 14.5. The van der Waals surface area contributed by atoms with Crippen LogP contribution < -0.4 is 4.74 Å². The highest BCUT2D eigenvalue weighted by molar-refractivity contribution is 9.10. The highest BCUT2D eigenvalue weighted by atomic mass is 79.9. The predicted octanol–water partition coefficient (Wildman–Crippen LogP) is 4.34. The Hall–Kier alpha value is -0.330. The smallest absolute Gasteiger partial charge is 0.233 e. The van der Waals surface area contributed by atoms with Crippen molar-refractivity contribution in [2.75, 3.05) is 12.4 Å². The van der Waals surface area contributed by atoms with E-state index in [1.165, 1.54) is 12.1 Å². The standard InChI is InChI=1S/C13H17BrClFO3S/c1-3-13(4-2,9-20(15,17)18)8-19-12-7-10(14)5-6-11(12)16/h5-7H,3-4,8-9H2,1-2H3. The SMILES string of the molecule is CCC(CC)(COc1cc(Br)ccc1F)CS(=O)(=O)Cl. The number of rotatable bonds is 7. The molecule has 3 nitrogen and oxygen atoms in total. The van der Waals surface area contributed by atoms with E-state index in [0.29, 0.717) is 17.3 Å². The molecule has 0 fully saturated rings. The minimum absolute atomic E-state index is 0.0950. The van der Waals surface area contributed by atoms with Crippen molar-refractivity contribution < 1.29 is 17.5 Å². The van der Waals surface area contributed by atoms with Gasteiger partial charge in [-0.3, -0.25) is 0 Å². The summed E-state index contributed by atoms with van der Waals surface area (Å²) in [4.78, 5) is 0. The molecule has 0 aliphatic heterocycles. The van der Waals surface area contributed by atoms with E-state index in [4.69, 9.17) is 15.4 Å². The lowest BCUT2D eigenvalue weighted by atomic mass is 9.85. The third-order valence-corrected chi connectivity index (χ3v) is 5.18. The molecule has 20 heavy (non-hydrogen) atoms. The normalized spacial score (nSPS) is 12.4. The van der Waals surface area contributed by atoms with E-state index in [0.717, 1.165) is 0 Å². The highest BCUT2D eigenvalue weighted by Gasteiger charge is 2.33. The van der Waals surface area contributed by atoms with Gasteiger partial charge in [-0.05, 0) is 31.0 Å². The van der Waals surface area contributed by atoms with Crippen LogP contribution in [0.5, 0.6) is 5.75 Å². The van der Waals surface area contributed by atoms with Gasteiger partial charge in [-0.1, -0.05) is 29.8 Å². The summed E-state index contributed by atoms with van der Waals surface area (Å²) in [5.74, 6) is -0.579. The van der Waals surface area contributed by atoms with Crippen LogP contribution in [0.3, 0.4) is 0 Å². The summed E-state index contributed by atoms with van der Waals surface area (Å²) in [6, 6.07) is 4.37. The zero-order valence-electron chi connectivity index (χ0n) is 11.3. The summed E-state index contributed by atoms with van der Waals surface area (Å²) in [6.45, 7) is 3.83. The van der Waals surface area contributed by atoms with Crippen molar-refractivity contribution >= 4 is 35.7 Å². The highest BCUT2D eigenvalue weighted by Crippen LogP contribution is 2.32. The van der Waals surface area contributed by atoms with Crippen LogP contribution >= 0.6 is 26.6 Å². The van der Waals surface area contributed by atoms with Crippen molar-refractivity contribution in [3.8, 4) is 5.75 Å². The van der Waals surface area contributed by atoms with E-state index in [9.17, 15) is 12.8 Å². The number of benzene rings is 1. The van der Waals surface area contributed by atoms with Crippen LogP contribution in [0, 0.1) is 11.2 Å². The van der Waals surface area contributed by atoms with Gasteiger partial charge in [0.05, 0.1) is 12.4 Å². The van der Waals surface area contributed by atoms with Crippen molar-refractivity contribution in [2.24, 2.45) is 5.41 Å². The molecule has 0 unspecified atom stereocenters. The zero-order chi connectivity index (χ0) is 15.4. The topological polar surface area (TPSA) is 43.4 Å². The van der Waals surface area contributed by atoms with Crippen LogP contribution in [0.25, 0.3) is 0 Å². The summed E-state index contributed by atoms with van der Waals surface area (Å²) in [5.41, 5.74) is -0.616. The second-order valence-electron chi connectivity index (χ2n) is 4.75. The van der Waals surface area contributed by atoms with Gasteiger partial charge in [0.25, 0.3) is 0 Å². The summed E-state index contributed by atoms with van der Waals surface area (Å²) in [5, 5.41) is 0. The summed E-state index contributed by atoms with van der Waals surface area (Å²) in [6.07, 6.45) is 1.15. The number of hydrogen-bond acceptors (Lipinski definition) is 3. The molecule has 0 radical (unpaired) electrons. The van der Waals surface area contributed by atoms with Crippen LogP contribution in [-0.2, 0) is 9.05 Å². The van der Waals surface area contributed by atoms with E-state index in [2.05, 4.69) is 15.9 Å². The lowest BCUT2D eigenvalue weighted by Gasteiger charge is -2.30. The molecular weight excluding hydrogens is 371 g/mol. The third kappa shape index (κ3) is 5.22. The molecule has 0 bridgehead atoms. The molecule has 0 heterocycles. The van der Waals surface area contributed by atoms with Crippen LogP contribution in [0.2, 0.25) is 0 Å². The van der Waals surface area contributed by atoms with Gasteiger partial charge < -0.3 is 4.74 Å². The van der Waals surface area contributed by atoms with Gasteiger partial charge in [0, 0.05) is 20.6 Å². The van der Waals surface area contributed by atoms with Gasteiger partial charge in [0.15, 0.2) is 11.6 Å².